The largest absolute Gasteiger partial charge is 0.368 e. The zero-order chi connectivity index (χ0) is 30.4. The molecule has 44 heavy (non-hydrogen) atoms. The van der Waals surface area contributed by atoms with Crippen LogP contribution in [0.25, 0.3) is 28.5 Å². The van der Waals surface area contributed by atoms with E-state index in [1.165, 1.54) is 6.07 Å². The number of hydrogen-bond donors (Lipinski definition) is 1. The number of hydrogen-bond acceptors (Lipinski definition) is 10. The van der Waals surface area contributed by atoms with Crippen LogP contribution in [0, 0.1) is 25.6 Å². The molecule has 5 aromatic rings. The number of aromatic nitrogens is 6. The van der Waals surface area contributed by atoms with Gasteiger partial charge in [0.25, 0.3) is 0 Å². The molecule has 2 aliphatic rings. The summed E-state index contributed by atoms with van der Waals surface area (Å²) in [5.74, 6) is 1.61. The minimum Gasteiger partial charge on any atom is -0.368 e. The second kappa shape index (κ2) is 11.4. The lowest BCUT2D eigenvalue weighted by Crippen LogP contribution is -2.47. The first-order valence-corrected chi connectivity index (χ1v) is 15.0. The van der Waals surface area contributed by atoms with Gasteiger partial charge >= 0.3 is 0 Å². The maximum absolute atomic E-state index is 14.8. The molecule has 226 valence electrons. The number of rotatable bonds is 7. The van der Waals surface area contributed by atoms with Gasteiger partial charge in [0.1, 0.15) is 11.5 Å². The Morgan fingerprint density at radius 2 is 1.93 bits per heavy atom. The maximum atomic E-state index is 14.8. The number of anilines is 2. The number of fused-ring (bicyclic) bond motifs is 3. The molecule has 0 spiro atoms. The Morgan fingerprint density at radius 3 is 2.70 bits per heavy atom. The molecule has 2 N–H and O–H groups in total. The Morgan fingerprint density at radius 1 is 1.09 bits per heavy atom. The predicted octanol–water partition coefficient (Wildman–Crippen LogP) is 4.37. The van der Waals surface area contributed by atoms with Gasteiger partial charge in [-0.25, -0.2) is 14.4 Å². The van der Waals surface area contributed by atoms with E-state index in [2.05, 4.69) is 32.0 Å². The summed E-state index contributed by atoms with van der Waals surface area (Å²) in [6.07, 6.45) is 5.32. The zero-order valence-corrected chi connectivity index (χ0v) is 25.1. The van der Waals surface area contributed by atoms with Crippen LogP contribution >= 0.6 is 0 Å². The Kier molecular flexibility index (Phi) is 7.29. The first kappa shape index (κ1) is 28.1. The number of nitrogen functional groups attached to an aromatic ring is 1. The third-order valence-corrected chi connectivity index (χ3v) is 8.77. The summed E-state index contributed by atoms with van der Waals surface area (Å²) in [5.41, 5.74) is 12.7. The molecule has 0 radical (unpaired) electrons. The average molecular weight is 595 g/mol. The van der Waals surface area contributed by atoms with Gasteiger partial charge in [-0.2, -0.15) is 4.52 Å². The van der Waals surface area contributed by atoms with Crippen LogP contribution in [0.3, 0.4) is 0 Å². The van der Waals surface area contributed by atoms with Crippen molar-refractivity contribution in [3.05, 3.63) is 70.9 Å². The first-order chi connectivity index (χ1) is 21.3. The van der Waals surface area contributed by atoms with E-state index >= 15 is 0 Å². The molecular formula is C32H35FN10O. The third-order valence-electron chi connectivity index (χ3n) is 8.77. The SMILES string of the molecule is Cc1cc(-c2ccc(F)c(N3CCN(CCC(C)C4Cc5nc(N)n6nc(-c7ncccc7C)nc6c5C=N4)CC3)c2)on1. The first-order valence-electron chi connectivity index (χ1n) is 15.0. The van der Waals surface area contributed by atoms with Crippen molar-refractivity contribution in [1.29, 1.82) is 0 Å². The molecule has 0 amide bonds. The molecule has 12 heteroatoms. The summed E-state index contributed by atoms with van der Waals surface area (Å²) < 4.78 is 21.8. The number of nitrogens with two attached hydrogens (primary N) is 1. The van der Waals surface area contributed by atoms with Gasteiger partial charge < -0.3 is 15.2 Å². The predicted molar refractivity (Wildman–Crippen MR) is 167 cm³/mol. The molecule has 0 aliphatic carbocycles. The van der Waals surface area contributed by atoms with Crippen LogP contribution in [0.1, 0.15) is 35.9 Å². The van der Waals surface area contributed by atoms with Crippen molar-refractivity contribution in [2.75, 3.05) is 43.4 Å². The highest BCUT2D eigenvalue weighted by Gasteiger charge is 2.27. The number of nitrogens with zero attached hydrogens (tertiary/aromatic N) is 9. The monoisotopic (exact) mass is 594 g/mol. The number of piperazine rings is 1. The summed E-state index contributed by atoms with van der Waals surface area (Å²) in [6, 6.07) is 11.0. The molecule has 6 heterocycles. The average Bonchev–Trinajstić information content (AvgIpc) is 3.68. The van der Waals surface area contributed by atoms with Crippen molar-refractivity contribution in [3.8, 4) is 22.8 Å². The van der Waals surface area contributed by atoms with Crippen molar-refractivity contribution >= 4 is 23.5 Å². The fourth-order valence-corrected chi connectivity index (χ4v) is 6.10. The Bertz CT molecular complexity index is 1860. The molecule has 11 nitrogen and oxygen atoms in total. The van der Waals surface area contributed by atoms with E-state index < -0.39 is 0 Å². The summed E-state index contributed by atoms with van der Waals surface area (Å²) in [4.78, 5) is 23.4. The van der Waals surface area contributed by atoms with Gasteiger partial charge in [0, 0.05) is 56.6 Å². The lowest BCUT2D eigenvalue weighted by Gasteiger charge is -2.37. The quantitative estimate of drug-likeness (QED) is 0.292. The van der Waals surface area contributed by atoms with E-state index in [0.29, 0.717) is 41.2 Å². The van der Waals surface area contributed by atoms with Crippen molar-refractivity contribution < 1.29 is 8.91 Å². The summed E-state index contributed by atoms with van der Waals surface area (Å²) in [7, 11) is 0. The van der Waals surface area contributed by atoms with Crippen LogP contribution in [0.4, 0.5) is 16.0 Å². The van der Waals surface area contributed by atoms with Crippen molar-refractivity contribution in [3.63, 3.8) is 0 Å². The normalized spacial score (nSPS) is 17.7. The molecule has 2 atom stereocenters. The van der Waals surface area contributed by atoms with E-state index in [1.807, 2.05) is 44.3 Å². The molecule has 1 aromatic carbocycles. The number of aliphatic imine (C=N–C) groups is 1. The second-order valence-corrected chi connectivity index (χ2v) is 11.8. The lowest BCUT2D eigenvalue weighted by molar-refractivity contribution is 0.233. The number of aryl methyl sites for hydroxylation is 2. The van der Waals surface area contributed by atoms with Gasteiger partial charge in [-0.3, -0.25) is 14.9 Å². The molecule has 1 fully saturated rings. The van der Waals surface area contributed by atoms with Gasteiger partial charge in [0.15, 0.2) is 11.4 Å². The Hall–Kier alpha value is -4.71. The fraction of sp³-hybridized carbons (Fsp3) is 0.375. The van der Waals surface area contributed by atoms with E-state index in [9.17, 15) is 4.39 Å². The van der Waals surface area contributed by atoms with Gasteiger partial charge in [-0.05, 0) is 62.6 Å². The lowest BCUT2D eigenvalue weighted by atomic mass is 9.91. The molecule has 2 unspecified atom stereocenters. The summed E-state index contributed by atoms with van der Waals surface area (Å²) >= 11 is 0. The molecule has 1 saturated heterocycles. The summed E-state index contributed by atoms with van der Waals surface area (Å²) in [5, 5.41) is 8.55. The highest BCUT2D eigenvalue weighted by Crippen LogP contribution is 2.30. The van der Waals surface area contributed by atoms with Crippen LogP contribution in [0.2, 0.25) is 0 Å². The highest BCUT2D eigenvalue weighted by atomic mass is 19.1. The van der Waals surface area contributed by atoms with Crippen molar-refractivity contribution in [2.24, 2.45) is 10.9 Å². The number of pyridine rings is 1. The Labute approximate surface area is 254 Å². The standard InChI is InChI=1S/C32H35FN10O/c1-19(8-10-41-11-13-42(14-12-41)27-16-22(6-7-24(27)33)28-15-21(3)40-44-28)25-17-26-23(18-36-25)31-38-30(39-43(31)32(34)37-26)29-20(2)5-4-9-35-29/h4-7,9,15-16,18-19,25H,8,10-14,17H2,1-3H3,(H2,34,37). The Balaban J connectivity index is 0.976. The molecule has 0 saturated carbocycles. The third kappa shape index (κ3) is 5.30. The van der Waals surface area contributed by atoms with Gasteiger partial charge in [-0.1, -0.05) is 18.1 Å². The van der Waals surface area contributed by atoms with Gasteiger partial charge in [-0.15, -0.1) is 5.10 Å². The zero-order valence-electron chi connectivity index (χ0n) is 25.1. The van der Waals surface area contributed by atoms with E-state index in [4.69, 9.17) is 25.2 Å². The molecular weight excluding hydrogens is 559 g/mol. The van der Waals surface area contributed by atoms with E-state index in [-0.39, 0.29) is 11.9 Å². The minimum atomic E-state index is -0.219. The molecule has 4 aromatic heterocycles. The summed E-state index contributed by atoms with van der Waals surface area (Å²) in [6.45, 7) is 10.3. The maximum Gasteiger partial charge on any atom is 0.223 e. The van der Waals surface area contributed by atoms with Crippen LogP contribution < -0.4 is 10.6 Å². The smallest absolute Gasteiger partial charge is 0.223 e. The van der Waals surface area contributed by atoms with E-state index in [0.717, 1.165) is 72.9 Å². The van der Waals surface area contributed by atoms with Crippen molar-refractivity contribution in [1.82, 2.24) is 34.6 Å². The highest BCUT2D eigenvalue weighted by molar-refractivity contribution is 5.91. The van der Waals surface area contributed by atoms with E-state index in [1.54, 1.807) is 16.8 Å². The molecule has 2 aliphatic heterocycles. The van der Waals surface area contributed by atoms with Gasteiger partial charge in [0.2, 0.25) is 11.8 Å². The minimum absolute atomic E-state index is 0.107. The topological polar surface area (TPSA) is 127 Å². The molecule has 0 bridgehead atoms. The number of halogens is 1. The number of benzene rings is 1. The van der Waals surface area contributed by atoms with Crippen LogP contribution in [-0.4, -0.2) is 79.6 Å². The van der Waals surface area contributed by atoms with Crippen LogP contribution in [0.15, 0.2) is 52.1 Å². The van der Waals surface area contributed by atoms with Crippen molar-refractivity contribution in [2.45, 2.75) is 39.7 Å². The fourth-order valence-electron chi connectivity index (χ4n) is 6.10. The second-order valence-electron chi connectivity index (χ2n) is 11.8. The molecule has 7 rings (SSSR count). The van der Waals surface area contributed by atoms with Crippen LogP contribution in [0.5, 0.6) is 0 Å². The van der Waals surface area contributed by atoms with Gasteiger partial charge in [0.05, 0.1) is 28.7 Å². The van der Waals surface area contributed by atoms with Crippen LogP contribution in [-0.2, 0) is 6.42 Å².